The summed E-state index contributed by atoms with van der Waals surface area (Å²) in [5.74, 6) is -0.331. The van der Waals surface area contributed by atoms with Crippen molar-refractivity contribution in [1.82, 2.24) is 20.2 Å². The Kier molecular flexibility index (Phi) is 5.60. The van der Waals surface area contributed by atoms with E-state index < -0.39 is 17.6 Å². The van der Waals surface area contributed by atoms with E-state index in [1.165, 1.54) is 25.6 Å². The molecule has 2 aromatic heterocycles. The number of benzene rings is 2. The molecular formula is C22H17F4N5O. The molecule has 0 unspecified atom stereocenters. The Labute approximate surface area is 180 Å². The number of nitrogens with one attached hydrogen (secondary N) is 1. The molecule has 0 aliphatic heterocycles. The number of alkyl halides is 3. The van der Waals surface area contributed by atoms with Crippen molar-refractivity contribution in [2.24, 2.45) is 0 Å². The molecule has 10 heteroatoms. The highest BCUT2D eigenvalue weighted by molar-refractivity contribution is 5.96. The van der Waals surface area contributed by atoms with Gasteiger partial charge < -0.3 is 10.1 Å². The van der Waals surface area contributed by atoms with E-state index in [9.17, 15) is 17.6 Å². The second-order valence-electron chi connectivity index (χ2n) is 7.00. The monoisotopic (exact) mass is 443 g/mol. The molecule has 6 nitrogen and oxygen atoms in total. The lowest BCUT2D eigenvalue weighted by atomic mass is 9.97. The summed E-state index contributed by atoms with van der Waals surface area (Å²) in [5, 5.41) is 11.6. The molecule has 0 aliphatic rings. The fourth-order valence-electron chi connectivity index (χ4n) is 3.29. The maximum atomic E-state index is 13.6. The summed E-state index contributed by atoms with van der Waals surface area (Å²) >= 11 is 0. The molecule has 0 saturated heterocycles. The normalized spacial score (nSPS) is 11.6. The van der Waals surface area contributed by atoms with Crippen LogP contribution in [-0.2, 0) is 12.7 Å². The SMILES string of the molecule is COc1cc(-c2ccc(F)cc2C(F)(F)F)cc2c(NCc3ccc(C)nn3)ncnc12. The van der Waals surface area contributed by atoms with Crippen molar-refractivity contribution in [1.29, 1.82) is 0 Å². The van der Waals surface area contributed by atoms with Gasteiger partial charge in [0.1, 0.15) is 29.2 Å². The van der Waals surface area contributed by atoms with Gasteiger partial charge in [-0.15, -0.1) is 0 Å². The van der Waals surface area contributed by atoms with Crippen LogP contribution < -0.4 is 10.1 Å². The van der Waals surface area contributed by atoms with Crippen LogP contribution in [0.1, 0.15) is 17.0 Å². The van der Waals surface area contributed by atoms with Crippen LogP contribution in [0.2, 0.25) is 0 Å². The van der Waals surface area contributed by atoms with E-state index in [4.69, 9.17) is 4.74 Å². The summed E-state index contributed by atoms with van der Waals surface area (Å²) in [6.07, 6.45) is -3.41. The molecule has 0 atom stereocenters. The van der Waals surface area contributed by atoms with Crippen LogP contribution in [0.3, 0.4) is 0 Å². The molecule has 2 heterocycles. The third kappa shape index (κ3) is 4.29. The zero-order chi connectivity index (χ0) is 22.9. The summed E-state index contributed by atoms with van der Waals surface area (Å²) in [7, 11) is 1.39. The molecule has 0 spiro atoms. The molecule has 4 rings (SSSR count). The minimum Gasteiger partial charge on any atom is -0.494 e. The van der Waals surface area contributed by atoms with Crippen molar-refractivity contribution in [2.45, 2.75) is 19.6 Å². The Morgan fingerprint density at radius 2 is 1.81 bits per heavy atom. The Balaban J connectivity index is 1.83. The number of hydrogen-bond donors (Lipinski definition) is 1. The molecule has 0 amide bonds. The van der Waals surface area contributed by atoms with E-state index in [0.717, 1.165) is 17.8 Å². The third-order valence-electron chi connectivity index (χ3n) is 4.81. The third-order valence-corrected chi connectivity index (χ3v) is 4.81. The average molecular weight is 443 g/mol. The summed E-state index contributed by atoms with van der Waals surface area (Å²) in [5.41, 5.74) is 0.770. The number of nitrogens with zero attached hydrogens (tertiary/aromatic N) is 4. The van der Waals surface area contributed by atoms with Crippen LogP contribution in [0, 0.1) is 12.7 Å². The largest absolute Gasteiger partial charge is 0.494 e. The second kappa shape index (κ2) is 8.37. The number of fused-ring (bicyclic) bond motifs is 1. The molecule has 164 valence electrons. The van der Waals surface area contributed by atoms with Crippen LogP contribution in [-0.4, -0.2) is 27.3 Å². The first-order valence-corrected chi connectivity index (χ1v) is 9.49. The highest BCUT2D eigenvalue weighted by Gasteiger charge is 2.34. The van der Waals surface area contributed by atoms with Crippen molar-refractivity contribution in [3.8, 4) is 16.9 Å². The Morgan fingerprint density at radius 3 is 2.50 bits per heavy atom. The van der Waals surface area contributed by atoms with E-state index >= 15 is 0 Å². The van der Waals surface area contributed by atoms with Crippen LogP contribution in [0.25, 0.3) is 22.0 Å². The molecule has 0 bridgehead atoms. The maximum absolute atomic E-state index is 13.6. The Morgan fingerprint density at radius 1 is 1.00 bits per heavy atom. The minimum absolute atomic E-state index is 0.182. The number of ether oxygens (including phenoxy) is 1. The van der Waals surface area contributed by atoms with Gasteiger partial charge in [0.15, 0.2) is 0 Å². The fraction of sp³-hybridized carbons (Fsp3) is 0.182. The summed E-state index contributed by atoms with van der Waals surface area (Å²) < 4.78 is 59.7. The summed E-state index contributed by atoms with van der Waals surface area (Å²) in [6.45, 7) is 2.11. The number of hydrogen-bond acceptors (Lipinski definition) is 6. The zero-order valence-corrected chi connectivity index (χ0v) is 17.0. The van der Waals surface area contributed by atoms with E-state index in [-0.39, 0.29) is 23.4 Å². The molecule has 0 saturated carbocycles. The van der Waals surface area contributed by atoms with Crippen molar-refractivity contribution < 1.29 is 22.3 Å². The second-order valence-corrected chi connectivity index (χ2v) is 7.00. The Bertz CT molecular complexity index is 1280. The topological polar surface area (TPSA) is 72.8 Å². The molecule has 2 aromatic carbocycles. The summed E-state index contributed by atoms with van der Waals surface area (Å²) in [4.78, 5) is 8.44. The average Bonchev–Trinajstić information content (AvgIpc) is 2.77. The molecule has 0 fully saturated rings. The van der Waals surface area contributed by atoms with Crippen molar-refractivity contribution in [3.63, 3.8) is 0 Å². The van der Waals surface area contributed by atoms with Gasteiger partial charge in [0.05, 0.1) is 30.6 Å². The highest BCUT2D eigenvalue weighted by Crippen LogP contribution is 2.40. The van der Waals surface area contributed by atoms with Gasteiger partial charge >= 0.3 is 6.18 Å². The fourth-order valence-corrected chi connectivity index (χ4v) is 3.29. The van der Waals surface area contributed by atoms with Crippen molar-refractivity contribution in [3.05, 3.63) is 71.6 Å². The quantitative estimate of drug-likeness (QED) is 0.429. The standard InChI is InChI=1S/C22H17F4N5O/c1-12-3-5-15(31-30-12)10-27-21-17-7-13(8-19(32-2)20(17)28-11-29-21)16-6-4-14(23)9-18(16)22(24,25)26/h3-9,11H,10H2,1-2H3,(H,27,28,29). The van der Waals surface area contributed by atoms with E-state index in [0.29, 0.717) is 28.5 Å². The van der Waals surface area contributed by atoms with Gasteiger partial charge in [-0.3, -0.25) is 0 Å². The number of methoxy groups -OCH3 is 1. The van der Waals surface area contributed by atoms with E-state index in [1.54, 1.807) is 6.07 Å². The van der Waals surface area contributed by atoms with Crippen LogP contribution in [0.15, 0.2) is 48.8 Å². The molecule has 32 heavy (non-hydrogen) atoms. The number of halogens is 4. The molecule has 4 aromatic rings. The predicted octanol–water partition coefficient (Wildman–Crippen LogP) is 5.17. The number of anilines is 1. The number of aryl methyl sites for hydroxylation is 1. The van der Waals surface area contributed by atoms with E-state index in [2.05, 4.69) is 25.5 Å². The van der Waals surface area contributed by atoms with Crippen molar-refractivity contribution in [2.75, 3.05) is 12.4 Å². The van der Waals surface area contributed by atoms with Crippen LogP contribution >= 0.6 is 0 Å². The van der Waals surface area contributed by atoms with Gasteiger partial charge in [0.25, 0.3) is 0 Å². The number of rotatable bonds is 5. The zero-order valence-electron chi connectivity index (χ0n) is 17.0. The van der Waals surface area contributed by atoms with Gasteiger partial charge in [-0.2, -0.15) is 23.4 Å². The lowest BCUT2D eigenvalue weighted by molar-refractivity contribution is -0.137. The predicted molar refractivity (Wildman–Crippen MR) is 111 cm³/mol. The molecule has 0 aliphatic carbocycles. The summed E-state index contributed by atoms with van der Waals surface area (Å²) in [6, 6.07) is 9.13. The first-order valence-electron chi connectivity index (χ1n) is 9.49. The maximum Gasteiger partial charge on any atom is 0.417 e. The first kappa shape index (κ1) is 21.4. The van der Waals surface area contributed by atoms with Crippen LogP contribution in [0.4, 0.5) is 23.4 Å². The van der Waals surface area contributed by atoms with Gasteiger partial charge in [0, 0.05) is 5.39 Å². The highest BCUT2D eigenvalue weighted by atomic mass is 19.4. The first-order chi connectivity index (χ1) is 15.3. The minimum atomic E-state index is -4.74. The Hall–Kier alpha value is -3.82. The lowest BCUT2D eigenvalue weighted by Gasteiger charge is -2.16. The van der Waals surface area contributed by atoms with Crippen molar-refractivity contribution >= 4 is 16.7 Å². The lowest BCUT2D eigenvalue weighted by Crippen LogP contribution is -2.08. The molecular weight excluding hydrogens is 426 g/mol. The molecule has 0 radical (unpaired) electrons. The van der Waals surface area contributed by atoms with Gasteiger partial charge in [-0.1, -0.05) is 6.07 Å². The number of aromatic nitrogens is 4. The van der Waals surface area contributed by atoms with E-state index in [1.807, 2.05) is 13.0 Å². The van der Waals surface area contributed by atoms with Gasteiger partial charge in [-0.25, -0.2) is 14.4 Å². The molecule has 1 N–H and O–H groups in total. The van der Waals surface area contributed by atoms with Gasteiger partial charge in [0.2, 0.25) is 0 Å². The van der Waals surface area contributed by atoms with Gasteiger partial charge in [-0.05, 0) is 54.4 Å². The van der Waals surface area contributed by atoms with Crippen LogP contribution in [0.5, 0.6) is 5.75 Å². The smallest absolute Gasteiger partial charge is 0.417 e.